The van der Waals surface area contributed by atoms with E-state index < -0.39 is 0 Å². The van der Waals surface area contributed by atoms with Crippen molar-refractivity contribution in [3.05, 3.63) is 35.4 Å². The van der Waals surface area contributed by atoms with Crippen molar-refractivity contribution in [1.82, 2.24) is 15.5 Å². The highest BCUT2D eigenvalue weighted by molar-refractivity contribution is 5.98. The first-order chi connectivity index (χ1) is 11.7. The van der Waals surface area contributed by atoms with E-state index in [9.17, 15) is 9.59 Å². The molecule has 1 aromatic carbocycles. The predicted molar refractivity (Wildman–Crippen MR) is 91.8 cm³/mol. The van der Waals surface area contributed by atoms with E-state index in [2.05, 4.69) is 21.6 Å². The SMILES string of the molecule is O=C1CC(CCN2CCC3(CC2)NCNC3=O)Cc2ccccc21. The van der Waals surface area contributed by atoms with Crippen LogP contribution in [0.3, 0.4) is 0 Å². The molecule has 1 atom stereocenters. The second-order valence-corrected chi connectivity index (χ2v) is 7.43. The van der Waals surface area contributed by atoms with Gasteiger partial charge in [0, 0.05) is 25.1 Å². The van der Waals surface area contributed by atoms with Crippen LogP contribution in [0, 0.1) is 5.92 Å². The molecule has 2 aliphatic heterocycles. The van der Waals surface area contributed by atoms with Crippen molar-refractivity contribution < 1.29 is 9.59 Å². The zero-order valence-corrected chi connectivity index (χ0v) is 14.0. The summed E-state index contributed by atoms with van der Waals surface area (Å²) in [4.78, 5) is 26.7. The highest BCUT2D eigenvalue weighted by Crippen LogP contribution is 2.29. The molecule has 0 radical (unpaired) electrons. The van der Waals surface area contributed by atoms with Gasteiger partial charge in [0.15, 0.2) is 5.78 Å². The van der Waals surface area contributed by atoms with Gasteiger partial charge in [0.2, 0.25) is 5.91 Å². The molecule has 24 heavy (non-hydrogen) atoms. The van der Waals surface area contributed by atoms with Gasteiger partial charge in [-0.3, -0.25) is 14.9 Å². The molecule has 1 spiro atoms. The predicted octanol–water partition coefficient (Wildman–Crippen LogP) is 1.33. The average Bonchev–Trinajstić information content (AvgIpc) is 2.95. The molecule has 0 aromatic heterocycles. The molecule has 5 heteroatoms. The van der Waals surface area contributed by atoms with Gasteiger partial charge in [-0.15, -0.1) is 0 Å². The van der Waals surface area contributed by atoms with E-state index in [1.54, 1.807) is 0 Å². The Morgan fingerprint density at radius 2 is 1.92 bits per heavy atom. The maximum Gasteiger partial charge on any atom is 0.241 e. The van der Waals surface area contributed by atoms with Gasteiger partial charge in [-0.05, 0) is 43.7 Å². The van der Waals surface area contributed by atoms with Crippen molar-refractivity contribution in [2.45, 2.75) is 37.6 Å². The number of carbonyl (C=O) groups is 2. The molecule has 2 N–H and O–H groups in total. The molecule has 2 fully saturated rings. The molecule has 1 unspecified atom stereocenters. The minimum absolute atomic E-state index is 0.164. The van der Waals surface area contributed by atoms with Gasteiger partial charge < -0.3 is 10.2 Å². The highest BCUT2D eigenvalue weighted by atomic mass is 16.2. The van der Waals surface area contributed by atoms with Crippen LogP contribution in [0.5, 0.6) is 0 Å². The minimum atomic E-state index is -0.323. The fraction of sp³-hybridized carbons (Fsp3) is 0.579. The maximum atomic E-state index is 12.3. The number of hydrogen-bond donors (Lipinski definition) is 2. The molecule has 3 aliphatic rings. The number of amides is 1. The number of benzene rings is 1. The number of rotatable bonds is 3. The monoisotopic (exact) mass is 327 g/mol. The summed E-state index contributed by atoms with van der Waals surface area (Å²) in [7, 11) is 0. The number of nitrogens with one attached hydrogen (secondary N) is 2. The van der Waals surface area contributed by atoms with E-state index in [0.717, 1.165) is 50.9 Å². The van der Waals surface area contributed by atoms with Crippen molar-refractivity contribution in [3.8, 4) is 0 Å². The van der Waals surface area contributed by atoms with Crippen LogP contribution in [0.15, 0.2) is 24.3 Å². The molecular weight excluding hydrogens is 302 g/mol. The lowest BCUT2D eigenvalue weighted by atomic mass is 9.81. The minimum Gasteiger partial charge on any atom is -0.342 e. The summed E-state index contributed by atoms with van der Waals surface area (Å²) in [6.07, 6.45) is 4.52. The van der Waals surface area contributed by atoms with Gasteiger partial charge >= 0.3 is 0 Å². The smallest absolute Gasteiger partial charge is 0.241 e. The molecule has 1 aromatic rings. The van der Waals surface area contributed by atoms with Crippen LogP contribution < -0.4 is 10.6 Å². The number of hydrogen-bond acceptors (Lipinski definition) is 4. The van der Waals surface area contributed by atoms with Gasteiger partial charge in [-0.2, -0.15) is 0 Å². The van der Waals surface area contributed by atoms with Gasteiger partial charge in [-0.1, -0.05) is 24.3 Å². The Labute approximate surface area is 142 Å². The molecule has 128 valence electrons. The number of fused-ring (bicyclic) bond motifs is 1. The van der Waals surface area contributed by atoms with Gasteiger partial charge in [0.25, 0.3) is 0 Å². The second kappa shape index (κ2) is 6.30. The van der Waals surface area contributed by atoms with E-state index >= 15 is 0 Å². The summed E-state index contributed by atoms with van der Waals surface area (Å²) in [6, 6.07) is 8.03. The number of nitrogens with zero attached hydrogens (tertiary/aromatic N) is 1. The van der Waals surface area contributed by atoms with Crippen LogP contribution >= 0.6 is 0 Å². The molecule has 1 amide bonds. The van der Waals surface area contributed by atoms with Crippen molar-refractivity contribution >= 4 is 11.7 Å². The summed E-state index contributed by atoms with van der Waals surface area (Å²) in [5, 5.41) is 6.22. The van der Waals surface area contributed by atoms with Crippen molar-refractivity contribution in [3.63, 3.8) is 0 Å². The topological polar surface area (TPSA) is 61.4 Å². The number of carbonyl (C=O) groups excluding carboxylic acids is 2. The molecule has 1 aliphatic carbocycles. The van der Waals surface area contributed by atoms with E-state index in [1.807, 2.05) is 18.2 Å². The van der Waals surface area contributed by atoms with Gasteiger partial charge in [-0.25, -0.2) is 0 Å². The maximum absolute atomic E-state index is 12.3. The second-order valence-electron chi connectivity index (χ2n) is 7.43. The summed E-state index contributed by atoms with van der Waals surface area (Å²) in [6.45, 7) is 3.54. The Morgan fingerprint density at radius 1 is 1.12 bits per heavy atom. The Hall–Kier alpha value is -1.72. The van der Waals surface area contributed by atoms with Crippen LogP contribution in [-0.4, -0.2) is 48.4 Å². The summed E-state index contributed by atoms with van der Waals surface area (Å²) >= 11 is 0. The average molecular weight is 327 g/mol. The fourth-order valence-electron chi connectivity index (χ4n) is 4.40. The quantitative estimate of drug-likeness (QED) is 0.879. The van der Waals surface area contributed by atoms with Crippen molar-refractivity contribution in [1.29, 1.82) is 0 Å². The van der Waals surface area contributed by atoms with Crippen LogP contribution in [0.1, 0.15) is 41.6 Å². The highest BCUT2D eigenvalue weighted by Gasteiger charge is 2.44. The zero-order chi connectivity index (χ0) is 16.6. The van der Waals surface area contributed by atoms with E-state index in [-0.39, 0.29) is 11.4 Å². The van der Waals surface area contributed by atoms with Crippen LogP contribution in [-0.2, 0) is 11.2 Å². The van der Waals surface area contributed by atoms with E-state index in [1.165, 1.54) is 5.56 Å². The third kappa shape index (κ3) is 2.87. The lowest BCUT2D eigenvalue weighted by Gasteiger charge is -2.38. The third-order valence-corrected chi connectivity index (χ3v) is 5.97. The summed E-state index contributed by atoms with van der Waals surface area (Å²) in [5.41, 5.74) is 1.81. The van der Waals surface area contributed by atoms with E-state index in [0.29, 0.717) is 24.8 Å². The molecular formula is C19H25N3O2. The van der Waals surface area contributed by atoms with Crippen LogP contribution in [0.25, 0.3) is 0 Å². The molecule has 0 bridgehead atoms. The van der Waals surface area contributed by atoms with Crippen molar-refractivity contribution in [2.24, 2.45) is 5.92 Å². The number of ketones is 1. The number of likely N-dealkylation sites (tertiary alicyclic amines) is 1. The van der Waals surface area contributed by atoms with Crippen LogP contribution in [0.2, 0.25) is 0 Å². The Morgan fingerprint density at radius 3 is 2.67 bits per heavy atom. The fourth-order valence-corrected chi connectivity index (χ4v) is 4.40. The molecule has 5 nitrogen and oxygen atoms in total. The standard InChI is InChI=1S/C19H25N3O2/c23-17-12-14(11-15-3-1-2-4-16(15)17)5-8-22-9-6-19(7-10-22)18(24)20-13-21-19/h1-4,14,21H,5-13H2,(H,20,24). The Balaban J connectivity index is 1.30. The Bertz CT molecular complexity index is 650. The normalized spacial score (nSPS) is 26.4. The summed E-state index contributed by atoms with van der Waals surface area (Å²) < 4.78 is 0. The molecule has 4 rings (SSSR count). The van der Waals surface area contributed by atoms with E-state index in [4.69, 9.17) is 0 Å². The number of piperidine rings is 1. The zero-order valence-electron chi connectivity index (χ0n) is 14.0. The molecule has 0 saturated carbocycles. The first-order valence-corrected chi connectivity index (χ1v) is 9.03. The summed E-state index contributed by atoms with van der Waals surface area (Å²) in [5.74, 6) is 0.916. The lowest BCUT2D eigenvalue weighted by molar-refractivity contribution is -0.125. The van der Waals surface area contributed by atoms with Crippen molar-refractivity contribution in [2.75, 3.05) is 26.3 Å². The van der Waals surface area contributed by atoms with Crippen LogP contribution in [0.4, 0.5) is 0 Å². The first-order valence-electron chi connectivity index (χ1n) is 9.03. The van der Waals surface area contributed by atoms with Gasteiger partial charge in [0.1, 0.15) is 5.54 Å². The molecule has 2 heterocycles. The molecule has 2 saturated heterocycles. The first kappa shape index (κ1) is 15.8. The Kier molecular flexibility index (Phi) is 4.14. The lowest BCUT2D eigenvalue weighted by Crippen LogP contribution is -2.54. The third-order valence-electron chi connectivity index (χ3n) is 5.97. The largest absolute Gasteiger partial charge is 0.342 e. The van der Waals surface area contributed by atoms with Gasteiger partial charge in [0.05, 0.1) is 6.67 Å². The number of Topliss-reactive ketones (excluding diaryl/α,β-unsaturated/α-hetero) is 1.